The number of esters is 1. The van der Waals surface area contributed by atoms with Gasteiger partial charge in [-0.2, -0.15) is 0 Å². The van der Waals surface area contributed by atoms with Crippen LogP contribution < -0.4 is 10.1 Å². The highest BCUT2D eigenvalue weighted by Gasteiger charge is 2.42. The van der Waals surface area contributed by atoms with Gasteiger partial charge in [-0.3, -0.25) is 14.4 Å². The number of amides is 2. The third-order valence-corrected chi connectivity index (χ3v) is 5.80. The first-order valence-electron chi connectivity index (χ1n) is 10.9. The predicted octanol–water partition coefficient (Wildman–Crippen LogP) is 2.99. The van der Waals surface area contributed by atoms with E-state index in [4.69, 9.17) is 9.47 Å². The summed E-state index contributed by atoms with van der Waals surface area (Å²) in [6.45, 7) is 4.26. The second kappa shape index (κ2) is 9.96. The molecule has 7 heteroatoms. The minimum atomic E-state index is -0.851. The van der Waals surface area contributed by atoms with Crippen LogP contribution in [0.25, 0.3) is 0 Å². The third-order valence-electron chi connectivity index (χ3n) is 5.80. The van der Waals surface area contributed by atoms with E-state index in [9.17, 15) is 14.4 Å². The molecule has 1 heterocycles. The van der Waals surface area contributed by atoms with Crippen LogP contribution in [0.2, 0.25) is 0 Å². The molecule has 7 nitrogen and oxygen atoms in total. The van der Waals surface area contributed by atoms with Crippen molar-refractivity contribution in [3.63, 3.8) is 0 Å². The van der Waals surface area contributed by atoms with Crippen LogP contribution in [0.3, 0.4) is 0 Å². The van der Waals surface area contributed by atoms with E-state index in [1.807, 2.05) is 24.3 Å². The lowest BCUT2D eigenvalue weighted by molar-refractivity contribution is -0.165. The fourth-order valence-corrected chi connectivity index (χ4v) is 3.87. The SMILES string of the molecule is CCCCN1C(=O)CC[C@H](C(=O)O[C@@H](C)C(=O)NC2CC2)[C@@H]1c1ccc(OC)cc1. The Bertz CT molecular complexity index is 759. The van der Waals surface area contributed by atoms with Gasteiger partial charge in [-0.25, -0.2) is 0 Å². The van der Waals surface area contributed by atoms with E-state index in [0.717, 1.165) is 31.2 Å². The van der Waals surface area contributed by atoms with E-state index in [0.29, 0.717) is 25.1 Å². The minimum Gasteiger partial charge on any atom is -0.497 e. The number of ether oxygens (including phenoxy) is 2. The minimum absolute atomic E-state index is 0.0489. The van der Waals surface area contributed by atoms with Crippen molar-refractivity contribution in [1.29, 1.82) is 0 Å². The molecule has 1 aliphatic heterocycles. The Morgan fingerprint density at radius 3 is 2.50 bits per heavy atom. The lowest BCUT2D eigenvalue weighted by Gasteiger charge is -2.40. The van der Waals surface area contributed by atoms with Gasteiger partial charge in [-0.05, 0) is 50.3 Å². The molecule has 1 aromatic rings. The average molecular weight is 417 g/mol. The molecule has 3 rings (SSSR count). The molecule has 0 radical (unpaired) electrons. The summed E-state index contributed by atoms with van der Waals surface area (Å²) in [5.74, 6) is -0.438. The molecule has 0 spiro atoms. The number of methoxy groups -OCH3 is 1. The fourth-order valence-electron chi connectivity index (χ4n) is 3.87. The van der Waals surface area contributed by atoms with Crippen molar-refractivity contribution in [1.82, 2.24) is 10.2 Å². The molecule has 1 N–H and O–H groups in total. The van der Waals surface area contributed by atoms with Crippen LogP contribution in [0, 0.1) is 5.92 Å². The Morgan fingerprint density at radius 2 is 1.90 bits per heavy atom. The molecule has 30 heavy (non-hydrogen) atoms. The number of nitrogens with one attached hydrogen (secondary N) is 1. The summed E-state index contributed by atoms with van der Waals surface area (Å²) in [6, 6.07) is 7.26. The Labute approximate surface area is 178 Å². The third kappa shape index (κ3) is 5.32. The summed E-state index contributed by atoms with van der Waals surface area (Å²) in [6.07, 6.45) is 3.63. The van der Waals surface area contributed by atoms with Crippen LogP contribution >= 0.6 is 0 Å². The number of rotatable bonds is 9. The van der Waals surface area contributed by atoms with E-state index in [-0.39, 0.29) is 17.9 Å². The molecule has 1 aliphatic carbocycles. The number of nitrogens with zero attached hydrogens (tertiary/aromatic N) is 1. The zero-order valence-corrected chi connectivity index (χ0v) is 18.1. The highest BCUT2D eigenvalue weighted by atomic mass is 16.5. The summed E-state index contributed by atoms with van der Waals surface area (Å²) in [4.78, 5) is 39.8. The molecule has 0 unspecified atom stereocenters. The predicted molar refractivity (Wildman–Crippen MR) is 112 cm³/mol. The summed E-state index contributed by atoms with van der Waals surface area (Å²) < 4.78 is 10.8. The van der Waals surface area contributed by atoms with E-state index in [1.54, 1.807) is 18.9 Å². The number of likely N-dealkylation sites (tertiary alicyclic amines) is 1. The number of hydrogen-bond acceptors (Lipinski definition) is 5. The first kappa shape index (κ1) is 22.1. The second-order valence-electron chi connectivity index (χ2n) is 8.17. The number of piperidine rings is 1. The van der Waals surface area contributed by atoms with Crippen LogP contribution in [0.1, 0.15) is 64.0 Å². The van der Waals surface area contributed by atoms with Gasteiger partial charge in [-0.15, -0.1) is 0 Å². The van der Waals surface area contributed by atoms with Crippen molar-refractivity contribution in [3.8, 4) is 5.75 Å². The van der Waals surface area contributed by atoms with Gasteiger partial charge in [0.05, 0.1) is 19.1 Å². The number of unbranched alkanes of at least 4 members (excludes halogenated alkanes) is 1. The molecule has 1 aromatic carbocycles. The zero-order chi connectivity index (χ0) is 21.7. The van der Waals surface area contributed by atoms with Gasteiger partial charge in [0.25, 0.3) is 5.91 Å². The van der Waals surface area contributed by atoms with Crippen LogP contribution in [0.4, 0.5) is 0 Å². The second-order valence-corrected chi connectivity index (χ2v) is 8.17. The molecule has 2 fully saturated rings. The fraction of sp³-hybridized carbons (Fsp3) is 0.609. The van der Waals surface area contributed by atoms with Crippen molar-refractivity contribution in [3.05, 3.63) is 29.8 Å². The Kier molecular flexibility index (Phi) is 7.34. The maximum absolute atomic E-state index is 13.1. The quantitative estimate of drug-likeness (QED) is 0.626. The molecule has 1 saturated heterocycles. The first-order valence-corrected chi connectivity index (χ1v) is 10.9. The summed E-state index contributed by atoms with van der Waals surface area (Å²) in [5.41, 5.74) is 0.872. The number of carbonyl (C=O) groups excluding carboxylic acids is 3. The van der Waals surface area contributed by atoms with Crippen LogP contribution in [0.15, 0.2) is 24.3 Å². The Morgan fingerprint density at radius 1 is 1.20 bits per heavy atom. The highest BCUT2D eigenvalue weighted by molar-refractivity contribution is 5.86. The topological polar surface area (TPSA) is 84.9 Å². The van der Waals surface area contributed by atoms with Crippen LogP contribution in [-0.4, -0.2) is 48.5 Å². The van der Waals surface area contributed by atoms with Crippen molar-refractivity contribution in [2.45, 2.75) is 70.6 Å². The molecule has 0 aromatic heterocycles. The smallest absolute Gasteiger partial charge is 0.312 e. The first-order chi connectivity index (χ1) is 14.4. The molecular formula is C23H32N2O5. The van der Waals surface area contributed by atoms with Gasteiger partial charge >= 0.3 is 5.97 Å². The summed E-state index contributed by atoms with van der Waals surface area (Å²) >= 11 is 0. The number of carbonyl (C=O) groups is 3. The summed E-state index contributed by atoms with van der Waals surface area (Å²) in [5, 5.41) is 2.87. The standard InChI is InChI=1S/C23H32N2O5/c1-4-5-14-25-20(26)13-12-19(21(25)16-6-10-18(29-3)11-7-16)23(28)30-15(2)22(27)24-17-8-9-17/h6-7,10-11,15,17,19,21H,4-5,8-9,12-14H2,1-3H3,(H,24,27)/t15-,19-,21-/m0/s1. The van der Waals surface area contributed by atoms with Crippen molar-refractivity contribution in [2.75, 3.05) is 13.7 Å². The number of benzene rings is 1. The van der Waals surface area contributed by atoms with Gasteiger partial charge in [0, 0.05) is 19.0 Å². The van der Waals surface area contributed by atoms with E-state index < -0.39 is 24.0 Å². The maximum Gasteiger partial charge on any atom is 0.312 e. The average Bonchev–Trinajstić information content (AvgIpc) is 3.56. The van der Waals surface area contributed by atoms with Gasteiger partial charge in [0.2, 0.25) is 5.91 Å². The van der Waals surface area contributed by atoms with Gasteiger partial charge in [-0.1, -0.05) is 25.5 Å². The number of hydrogen-bond donors (Lipinski definition) is 1. The zero-order valence-electron chi connectivity index (χ0n) is 18.1. The lowest BCUT2D eigenvalue weighted by atomic mass is 9.84. The van der Waals surface area contributed by atoms with E-state index in [2.05, 4.69) is 12.2 Å². The van der Waals surface area contributed by atoms with E-state index >= 15 is 0 Å². The van der Waals surface area contributed by atoms with Gasteiger partial charge in [0.1, 0.15) is 5.75 Å². The lowest BCUT2D eigenvalue weighted by Crippen LogP contribution is -2.47. The molecule has 1 saturated carbocycles. The highest BCUT2D eigenvalue weighted by Crippen LogP contribution is 2.38. The normalized spacial score (nSPS) is 22.4. The van der Waals surface area contributed by atoms with Crippen LogP contribution in [0.5, 0.6) is 5.75 Å². The van der Waals surface area contributed by atoms with Crippen LogP contribution in [-0.2, 0) is 19.1 Å². The van der Waals surface area contributed by atoms with Crippen molar-refractivity contribution in [2.24, 2.45) is 5.92 Å². The summed E-state index contributed by atoms with van der Waals surface area (Å²) in [7, 11) is 1.60. The van der Waals surface area contributed by atoms with E-state index in [1.165, 1.54) is 0 Å². The molecule has 3 atom stereocenters. The monoisotopic (exact) mass is 416 g/mol. The Hall–Kier alpha value is -2.57. The Balaban J connectivity index is 1.80. The molecule has 164 valence electrons. The molecule has 2 aliphatic rings. The van der Waals surface area contributed by atoms with Gasteiger partial charge in [0.15, 0.2) is 6.10 Å². The molecule has 0 bridgehead atoms. The van der Waals surface area contributed by atoms with Gasteiger partial charge < -0.3 is 19.7 Å². The molecule has 2 amide bonds. The van der Waals surface area contributed by atoms with Crippen molar-refractivity contribution < 1.29 is 23.9 Å². The molecular weight excluding hydrogens is 384 g/mol. The maximum atomic E-state index is 13.1. The largest absolute Gasteiger partial charge is 0.497 e. The van der Waals surface area contributed by atoms with Crippen molar-refractivity contribution >= 4 is 17.8 Å².